The van der Waals surface area contributed by atoms with Gasteiger partial charge in [-0.2, -0.15) is 13.2 Å². The highest BCUT2D eigenvalue weighted by molar-refractivity contribution is 6.30. The van der Waals surface area contributed by atoms with Crippen LogP contribution in [0.25, 0.3) is 0 Å². The van der Waals surface area contributed by atoms with Crippen molar-refractivity contribution in [2.45, 2.75) is 37.8 Å². The summed E-state index contributed by atoms with van der Waals surface area (Å²) in [6, 6.07) is 0.507. The summed E-state index contributed by atoms with van der Waals surface area (Å²) in [5.41, 5.74) is -3.39. The third kappa shape index (κ3) is 3.90. The minimum atomic E-state index is -4.71. The van der Waals surface area contributed by atoms with Gasteiger partial charge in [0.1, 0.15) is 11.6 Å². The fraction of sp³-hybridized carbons (Fsp3) is 0.571. The lowest BCUT2D eigenvalue weighted by atomic mass is 9.91. The molecule has 1 fully saturated rings. The SMILES string of the molecule is C[C@@]1(O)CCN(C(=O)Cn2cc(C(F)(F)F)cc(Cl)c2=O)C[C@@H]1O. The van der Waals surface area contributed by atoms with Crippen LogP contribution in [0.3, 0.4) is 0 Å². The Kier molecular flexibility index (Phi) is 4.98. The number of alkyl halides is 3. The number of halogens is 4. The van der Waals surface area contributed by atoms with Gasteiger partial charge < -0.3 is 19.7 Å². The Labute approximate surface area is 140 Å². The Morgan fingerprint density at radius 2 is 2.12 bits per heavy atom. The van der Waals surface area contributed by atoms with E-state index in [1.807, 2.05) is 0 Å². The van der Waals surface area contributed by atoms with Gasteiger partial charge in [0.2, 0.25) is 5.91 Å². The monoisotopic (exact) mass is 368 g/mol. The fourth-order valence-corrected chi connectivity index (χ4v) is 2.59. The summed E-state index contributed by atoms with van der Waals surface area (Å²) in [5, 5.41) is 19.0. The van der Waals surface area contributed by atoms with Gasteiger partial charge in [-0.1, -0.05) is 11.6 Å². The summed E-state index contributed by atoms with van der Waals surface area (Å²) in [5.74, 6) is -0.651. The van der Waals surface area contributed by atoms with Gasteiger partial charge in [0.15, 0.2) is 0 Å². The smallest absolute Gasteiger partial charge is 0.388 e. The van der Waals surface area contributed by atoms with E-state index in [1.54, 1.807) is 0 Å². The van der Waals surface area contributed by atoms with Gasteiger partial charge in [0.05, 0.1) is 17.3 Å². The topological polar surface area (TPSA) is 82.8 Å². The number of hydrogen-bond acceptors (Lipinski definition) is 4. The molecule has 1 aromatic heterocycles. The number of nitrogens with zero attached hydrogens (tertiary/aromatic N) is 2. The average Bonchev–Trinajstić information content (AvgIpc) is 2.45. The number of aliphatic hydroxyl groups is 2. The third-order valence-electron chi connectivity index (χ3n) is 4.03. The molecule has 0 saturated carbocycles. The quantitative estimate of drug-likeness (QED) is 0.811. The molecule has 1 aromatic rings. The van der Waals surface area contributed by atoms with Crippen LogP contribution in [0, 0.1) is 0 Å². The summed E-state index contributed by atoms with van der Waals surface area (Å²) in [7, 11) is 0. The van der Waals surface area contributed by atoms with Gasteiger partial charge in [-0.15, -0.1) is 0 Å². The molecule has 6 nitrogen and oxygen atoms in total. The highest BCUT2D eigenvalue weighted by Gasteiger charge is 2.38. The molecule has 0 spiro atoms. The van der Waals surface area contributed by atoms with Crippen molar-refractivity contribution in [3.63, 3.8) is 0 Å². The first-order valence-corrected chi connectivity index (χ1v) is 7.45. The van der Waals surface area contributed by atoms with Gasteiger partial charge in [-0.05, 0) is 19.4 Å². The Balaban J connectivity index is 2.21. The lowest BCUT2D eigenvalue weighted by Crippen LogP contribution is -2.55. The summed E-state index contributed by atoms with van der Waals surface area (Å²) in [4.78, 5) is 25.2. The molecule has 1 aliphatic heterocycles. The van der Waals surface area contributed by atoms with Crippen LogP contribution >= 0.6 is 11.6 Å². The second-order valence-electron chi connectivity index (χ2n) is 5.97. The van der Waals surface area contributed by atoms with Gasteiger partial charge >= 0.3 is 6.18 Å². The predicted molar refractivity (Wildman–Crippen MR) is 78.5 cm³/mol. The molecule has 0 bridgehead atoms. The van der Waals surface area contributed by atoms with Crippen molar-refractivity contribution in [3.05, 3.63) is 33.2 Å². The highest BCUT2D eigenvalue weighted by Crippen LogP contribution is 2.29. The maximum absolute atomic E-state index is 12.8. The van der Waals surface area contributed by atoms with E-state index in [4.69, 9.17) is 11.6 Å². The van der Waals surface area contributed by atoms with Crippen molar-refractivity contribution in [2.75, 3.05) is 13.1 Å². The number of pyridine rings is 1. The molecule has 2 atom stereocenters. The second kappa shape index (κ2) is 6.38. The van der Waals surface area contributed by atoms with Crippen LogP contribution in [0.2, 0.25) is 5.02 Å². The first-order valence-electron chi connectivity index (χ1n) is 7.07. The molecular formula is C14H16ClF3N2O4. The van der Waals surface area contributed by atoms with Crippen molar-refractivity contribution in [1.29, 1.82) is 0 Å². The Bertz CT molecular complexity index is 702. The summed E-state index contributed by atoms with van der Waals surface area (Å²) in [6.07, 6.45) is -5.25. The van der Waals surface area contributed by atoms with Crippen molar-refractivity contribution in [3.8, 4) is 0 Å². The summed E-state index contributed by atoms with van der Waals surface area (Å²) in [6.45, 7) is 0.728. The summed E-state index contributed by atoms with van der Waals surface area (Å²) >= 11 is 5.52. The summed E-state index contributed by atoms with van der Waals surface area (Å²) < 4.78 is 38.9. The number of aliphatic hydroxyl groups excluding tert-OH is 1. The molecule has 0 radical (unpaired) electrons. The number of hydrogen-bond donors (Lipinski definition) is 2. The van der Waals surface area contributed by atoms with Crippen molar-refractivity contribution in [2.24, 2.45) is 0 Å². The minimum absolute atomic E-state index is 0.109. The first-order chi connectivity index (χ1) is 10.9. The average molecular weight is 369 g/mol. The number of likely N-dealkylation sites (tertiary alicyclic amines) is 1. The Morgan fingerprint density at radius 3 is 2.67 bits per heavy atom. The molecule has 134 valence electrons. The maximum atomic E-state index is 12.8. The number of β-amino-alcohol motifs (C(OH)–C–C–N with tert-alkyl or cyclic N) is 1. The molecule has 1 aliphatic rings. The third-order valence-corrected chi connectivity index (χ3v) is 4.30. The van der Waals surface area contributed by atoms with Gasteiger partial charge in [0.25, 0.3) is 5.56 Å². The zero-order valence-corrected chi connectivity index (χ0v) is 13.4. The zero-order valence-electron chi connectivity index (χ0n) is 12.7. The van der Waals surface area contributed by atoms with Gasteiger partial charge in [-0.3, -0.25) is 9.59 Å². The number of rotatable bonds is 2. The van der Waals surface area contributed by atoms with Crippen LogP contribution in [0.1, 0.15) is 18.9 Å². The lowest BCUT2D eigenvalue weighted by Gasteiger charge is -2.40. The number of carbonyl (C=O) groups is 1. The molecule has 1 amide bonds. The highest BCUT2D eigenvalue weighted by atomic mass is 35.5. The van der Waals surface area contributed by atoms with Crippen molar-refractivity contribution >= 4 is 17.5 Å². The van der Waals surface area contributed by atoms with Crippen LogP contribution in [-0.2, 0) is 17.5 Å². The molecule has 24 heavy (non-hydrogen) atoms. The van der Waals surface area contributed by atoms with Crippen molar-refractivity contribution < 1.29 is 28.2 Å². The Hall–Kier alpha value is -1.58. The van der Waals surface area contributed by atoms with E-state index in [9.17, 15) is 33.0 Å². The van der Waals surface area contributed by atoms with Crippen LogP contribution in [0.15, 0.2) is 17.1 Å². The normalized spacial score (nSPS) is 25.0. The Morgan fingerprint density at radius 1 is 1.50 bits per heavy atom. The standard InChI is InChI=1S/C14H16ClF3N2O4/c1-13(24)2-3-19(6-10(13)21)11(22)7-20-5-8(14(16,17)18)4-9(15)12(20)23/h4-5,10,21,24H,2-3,6-7H2,1H3/t10-,13+/m0/s1. The molecule has 0 aliphatic carbocycles. The molecule has 10 heteroatoms. The van der Waals surface area contributed by atoms with E-state index in [0.29, 0.717) is 16.8 Å². The maximum Gasteiger partial charge on any atom is 0.417 e. The van der Waals surface area contributed by atoms with E-state index in [-0.39, 0.29) is 19.5 Å². The fourth-order valence-electron chi connectivity index (χ4n) is 2.37. The number of amides is 1. The molecule has 2 N–H and O–H groups in total. The van der Waals surface area contributed by atoms with E-state index in [1.165, 1.54) is 11.8 Å². The molecule has 1 saturated heterocycles. The molecule has 2 rings (SSSR count). The van der Waals surface area contributed by atoms with Crippen LogP contribution < -0.4 is 5.56 Å². The number of carbonyl (C=O) groups excluding carboxylic acids is 1. The van der Waals surface area contributed by atoms with Crippen LogP contribution in [0.4, 0.5) is 13.2 Å². The molecule has 0 unspecified atom stereocenters. The van der Waals surface area contributed by atoms with E-state index in [2.05, 4.69) is 0 Å². The first kappa shape index (κ1) is 18.8. The number of aromatic nitrogens is 1. The van der Waals surface area contributed by atoms with Crippen molar-refractivity contribution in [1.82, 2.24) is 9.47 Å². The molecule has 0 aromatic carbocycles. The van der Waals surface area contributed by atoms with Crippen LogP contribution in [-0.4, -0.2) is 50.4 Å². The zero-order chi connectivity index (χ0) is 18.3. The lowest BCUT2D eigenvalue weighted by molar-refractivity contribution is -0.147. The second-order valence-corrected chi connectivity index (χ2v) is 6.38. The largest absolute Gasteiger partial charge is 0.417 e. The van der Waals surface area contributed by atoms with Gasteiger partial charge in [-0.25, -0.2) is 0 Å². The van der Waals surface area contributed by atoms with Crippen LogP contribution in [0.5, 0.6) is 0 Å². The van der Waals surface area contributed by atoms with E-state index >= 15 is 0 Å². The molecule has 2 heterocycles. The van der Waals surface area contributed by atoms with E-state index in [0.717, 1.165) is 0 Å². The van der Waals surface area contributed by atoms with E-state index < -0.39 is 46.5 Å². The minimum Gasteiger partial charge on any atom is -0.388 e. The number of piperidine rings is 1. The predicted octanol–water partition coefficient (Wildman–Crippen LogP) is 0.865. The van der Waals surface area contributed by atoms with Gasteiger partial charge in [0, 0.05) is 19.3 Å². The molecular weight excluding hydrogens is 353 g/mol.